The van der Waals surface area contributed by atoms with Crippen LogP contribution in [0, 0.1) is 6.92 Å². The van der Waals surface area contributed by atoms with E-state index in [1.807, 2.05) is 31.2 Å². The third-order valence-corrected chi connectivity index (χ3v) is 2.74. The Morgan fingerprint density at radius 2 is 1.94 bits per heavy atom. The number of aliphatic hydroxyl groups excluding tert-OH is 1. The summed E-state index contributed by atoms with van der Waals surface area (Å²) in [5, 5.41) is 20.2. The van der Waals surface area contributed by atoms with Gasteiger partial charge in [-0.2, -0.15) is 10.2 Å². The normalized spacial score (nSPS) is 12.9. The highest BCUT2D eigenvalue weighted by Crippen LogP contribution is 2.19. The van der Waals surface area contributed by atoms with Crippen LogP contribution in [0.25, 0.3) is 10.8 Å². The zero-order chi connectivity index (χ0) is 12.3. The molecular formula is C13H16N2O2. The molecule has 0 aliphatic carbocycles. The van der Waals surface area contributed by atoms with Gasteiger partial charge in [0.2, 0.25) is 0 Å². The van der Waals surface area contributed by atoms with Crippen molar-refractivity contribution in [1.82, 2.24) is 10.2 Å². The van der Waals surface area contributed by atoms with Crippen molar-refractivity contribution < 1.29 is 9.84 Å². The summed E-state index contributed by atoms with van der Waals surface area (Å²) >= 11 is 0. The molecule has 1 aromatic heterocycles. The van der Waals surface area contributed by atoms with E-state index < -0.39 is 6.10 Å². The van der Waals surface area contributed by atoms with Crippen LogP contribution < -0.4 is 0 Å². The van der Waals surface area contributed by atoms with E-state index in [-0.39, 0.29) is 0 Å². The first-order valence-corrected chi connectivity index (χ1v) is 5.60. The van der Waals surface area contributed by atoms with Gasteiger partial charge in [-0.15, -0.1) is 0 Å². The molecule has 1 N–H and O–H groups in total. The van der Waals surface area contributed by atoms with E-state index in [1.54, 1.807) is 7.11 Å². The summed E-state index contributed by atoms with van der Waals surface area (Å²) in [5.41, 5.74) is 1.72. The number of hydrogen-bond acceptors (Lipinski definition) is 4. The monoisotopic (exact) mass is 232 g/mol. The van der Waals surface area contributed by atoms with Gasteiger partial charge in [0.1, 0.15) is 0 Å². The molecule has 1 atom stereocenters. The van der Waals surface area contributed by atoms with E-state index in [4.69, 9.17) is 4.74 Å². The van der Waals surface area contributed by atoms with E-state index >= 15 is 0 Å². The Hall–Kier alpha value is -1.52. The highest BCUT2D eigenvalue weighted by Gasteiger charge is 2.11. The second-order valence-electron chi connectivity index (χ2n) is 4.09. The summed E-state index contributed by atoms with van der Waals surface area (Å²) < 4.78 is 4.91. The number of methoxy groups -OCH3 is 1. The molecule has 2 aromatic rings. The van der Waals surface area contributed by atoms with Crippen molar-refractivity contribution >= 4 is 10.8 Å². The SMILES string of the molecule is COCC(O)Cc1nnc(C)c2ccccc12. The number of nitrogens with zero attached hydrogens (tertiary/aromatic N) is 2. The minimum absolute atomic E-state index is 0.309. The Morgan fingerprint density at radius 3 is 2.65 bits per heavy atom. The highest BCUT2D eigenvalue weighted by atomic mass is 16.5. The van der Waals surface area contributed by atoms with Gasteiger partial charge in [0, 0.05) is 24.3 Å². The maximum atomic E-state index is 9.74. The van der Waals surface area contributed by atoms with Crippen LogP contribution in [0.2, 0.25) is 0 Å². The summed E-state index contributed by atoms with van der Waals surface area (Å²) in [4.78, 5) is 0. The predicted octanol–water partition coefficient (Wildman–Crippen LogP) is 1.49. The van der Waals surface area contributed by atoms with E-state index in [0.29, 0.717) is 13.0 Å². The fraction of sp³-hybridized carbons (Fsp3) is 0.385. The molecule has 0 spiro atoms. The maximum Gasteiger partial charge on any atom is 0.0829 e. The number of fused-ring (bicyclic) bond motifs is 1. The average molecular weight is 232 g/mol. The van der Waals surface area contributed by atoms with Gasteiger partial charge in [-0.1, -0.05) is 24.3 Å². The quantitative estimate of drug-likeness (QED) is 0.867. The maximum absolute atomic E-state index is 9.74. The van der Waals surface area contributed by atoms with Crippen LogP contribution in [-0.4, -0.2) is 35.1 Å². The lowest BCUT2D eigenvalue weighted by atomic mass is 10.1. The van der Waals surface area contributed by atoms with Crippen molar-refractivity contribution in [2.24, 2.45) is 0 Å². The lowest BCUT2D eigenvalue weighted by Crippen LogP contribution is -2.18. The molecule has 90 valence electrons. The number of hydrogen-bond donors (Lipinski definition) is 1. The number of aromatic nitrogens is 2. The van der Waals surface area contributed by atoms with Gasteiger partial charge in [-0.25, -0.2) is 0 Å². The molecule has 0 saturated heterocycles. The van der Waals surface area contributed by atoms with Gasteiger partial charge in [0.15, 0.2) is 0 Å². The van der Waals surface area contributed by atoms with Crippen molar-refractivity contribution in [2.45, 2.75) is 19.4 Å². The molecule has 17 heavy (non-hydrogen) atoms. The van der Waals surface area contributed by atoms with Crippen molar-refractivity contribution in [3.63, 3.8) is 0 Å². The topological polar surface area (TPSA) is 55.2 Å². The Labute approximate surface area is 100 Å². The fourth-order valence-corrected chi connectivity index (χ4v) is 1.92. The molecule has 2 rings (SSSR count). The first kappa shape index (κ1) is 12.0. The second-order valence-corrected chi connectivity index (χ2v) is 4.09. The van der Waals surface area contributed by atoms with Crippen LogP contribution >= 0.6 is 0 Å². The average Bonchev–Trinajstić information content (AvgIpc) is 2.34. The smallest absolute Gasteiger partial charge is 0.0829 e. The minimum Gasteiger partial charge on any atom is -0.390 e. The van der Waals surface area contributed by atoms with E-state index in [9.17, 15) is 5.11 Å². The van der Waals surface area contributed by atoms with Crippen molar-refractivity contribution in [1.29, 1.82) is 0 Å². The third kappa shape index (κ3) is 2.60. The van der Waals surface area contributed by atoms with Gasteiger partial charge in [-0.05, 0) is 6.92 Å². The van der Waals surface area contributed by atoms with Crippen LogP contribution in [0.5, 0.6) is 0 Å². The molecule has 0 aliphatic rings. The Kier molecular flexibility index (Phi) is 3.66. The van der Waals surface area contributed by atoms with Crippen LogP contribution in [0.3, 0.4) is 0 Å². The molecule has 0 amide bonds. The molecule has 0 radical (unpaired) electrons. The van der Waals surface area contributed by atoms with E-state index in [1.165, 1.54) is 0 Å². The van der Waals surface area contributed by atoms with Crippen LogP contribution in [0.15, 0.2) is 24.3 Å². The molecule has 0 aliphatic heterocycles. The third-order valence-electron chi connectivity index (χ3n) is 2.74. The Bertz CT molecular complexity index is 514. The molecule has 0 bridgehead atoms. The van der Waals surface area contributed by atoms with E-state index in [2.05, 4.69) is 10.2 Å². The van der Waals surface area contributed by atoms with Gasteiger partial charge in [-0.3, -0.25) is 0 Å². The summed E-state index contributed by atoms with van der Waals surface area (Å²) in [6, 6.07) is 7.97. The second kappa shape index (κ2) is 5.21. The number of benzene rings is 1. The van der Waals surface area contributed by atoms with Gasteiger partial charge in [0.05, 0.1) is 24.1 Å². The molecular weight excluding hydrogens is 216 g/mol. The van der Waals surface area contributed by atoms with Crippen molar-refractivity contribution in [3.8, 4) is 0 Å². The van der Waals surface area contributed by atoms with Crippen molar-refractivity contribution in [3.05, 3.63) is 35.7 Å². The lowest BCUT2D eigenvalue weighted by Gasteiger charge is -2.11. The highest BCUT2D eigenvalue weighted by molar-refractivity contribution is 5.86. The molecule has 1 heterocycles. The van der Waals surface area contributed by atoms with Crippen molar-refractivity contribution in [2.75, 3.05) is 13.7 Å². The lowest BCUT2D eigenvalue weighted by molar-refractivity contribution is 0.0645. The fourth-order valence-electron chi connectivity index (χ4n) is 1.92. The zero-order valence-corrected chi connectivity index (χ0v) is 10.1. The van der Waals surface area contributed by atoms with Crippen LogP contribution in [-0.2, 0) is 11.2 Å². The molecule has 1 unspecified atom stereocenters. The summed E-state index contributed by atoms with van der Waals surface area (Å²) in [6.45, 7) is 2.24. The molecule has 0 fully saturated rings. The van der Waals surface area contributed by atoms with Gasteiger partial charge in [0.25, 0.3) is 0 Å². The zero-order valence-electron chi connectivity index (χ0n) is 10.1. The van der Waals surface area contributed by atoms with Gasteiger partial charge < -0.3 is 9.84 Å². The molecule has 0 saturated carbocycles. The molecule has 1 aromatic carbocycles. The van der Waals surface area contributed by atoms with Gasteiger partial charge >= 0.3 is 0 Å². The summed E-state index contributed by atoms with van der Waals surface area (Å²) in [7, 11) is 1.57. The van der Waals surface area contributed by atoms with Crippen LogP contribution in [0.1, 0.15) is 11.4 Å². The summed E-state index contributed by atoms with van der Waals surface area (Å²) in [5.74, 6) is 0. The Morgan fingerprint density at radius 1 is 1.24 bits per heavy atom. The minimum atomic E-state index is -0.541. The predicted molar refractivity (Wildman–Crippen MR) is 65.9 cm³/mol. The largest absolute Gasteiger partial charge is 0.390 e. The molecule has 4 nitrogen and oxygen atoms in total. The summed E-state index contributed by atoms with van der Waals surface area (Å²) in [6.07, 6.45) is -0.0813. The Balaban J connectivity index is 2.38. The first-order valence-electron chi connectivity index (χ1n) is 5.60. The standard InChI is InChI=1S/C13H16N2O2/c1-9-11-5-3-4-6-12(11)13(15-14-9)7-10(16)8-17-2/h3-6,10,16H,7-8H2,1-2H3. The first-order chi connectivity index (χ1) is 8.22. The number of aliphatic hydroxyl groups is 1. The van der Waals surface area contributed by atoms with E-state index in [0.717, 1.165) is 22.2 Å². The number of aryl methyl sites for hydroxylation is 1. The van der Waals surface area contributed by atoms with Crippen LogP contribution in [0.4, 0.5) is 0 Å². The molecule has 4 heteroatoms. The number of ether oxygens (including phenoxy) is 1. The number of rotatable bonds is 4.